The zero-order chi connectivity index (χ0) is 20.1. The van der Waals surface area contributed by atoms with Crippen molar-refractivity contribution in [3.8, 4) is 11.4 Å². The van der Waals surface area contributed by atoms with Crippen LogP contribution in [-0.4, -0.2) is 39.7 Å². The molecule has 0 fully saturated rings. The third-order valence-electron chi connectivity index (χ3n) is 4.99. The molecule has 0 bridgehead atoms. The number of H-pyrrole nitrogens is 2. The van der Waals surface area contributed by atoms with Crippen molar-refractivity contribution in [3.63, 3.8) is 0 Å². The number of aliphatic imine (C=N–C) groups is 1. The van der Waals surface area contributed by atoms with Crippen LogP contribution >= 0.6 is 24.0 Å². The minimum Gasteiger partial charge on any atom is -0.358 e. The minimum absolute atomic E-state index is 0. The van der Waals surface area contributed by atoms with Gasteiger partial charge in [-0.1, -0.05) is 36.4 Å². The highest BCUT2D eigenvalue weighted by molar-refractivity contribution is 14.0. The predicted octanol–water partition coefficient (Wildman–Crippen LogP) is 3.79. The Hall–Kier alpha value is -2.88. The summed E-state index contributed by atoms with van der Waals surface area (Å²) in [6.07, 6.45) is 2.44. The van der Waals surface area contributed by atoms with Crippen LogP contribution in [0.25, 0.3) is 22.3 Å². The van der Waals surface area contributed by atoms with Gasteiger partial charge >= 0.3 is 0 Å². The number of aryl methyl sites for hydroxylation is 1. The summed E-state index contributed by atoms with van der Waals surface area (Å²) in [6.45, 7) is 3.61. The molecule has 0 spiro atoms. The number of rotatable bonds is 6. The third kappa shape index (κ3) is 4.99. The molecule has 0 saturated carbocycles. The molecule has 2 heterocycles. The van der Waals surface area contributed by atoms with Gasteiger partial charge in [-0.3, -0.25) is 10.1 Å². The maximum absolute atomic E-state index is 4.34. The Morgan fingerprint density at radius 2 is 1.97 bits per heavy atom. The number of halogens is 1. The fraction of sp³-hybridized carbons (Fsp3) is 0.227. The van der Waals surface area contributed by atoms with E-state index in [9.17, 15) is 0 Å². The number of nitrogens with zero attached hydrogens (tertiary/aromatic N) is 3. The highest BCUT2D eigenvalue weighted by Gasteiger charge is 2.08. The van der Waals surface area contributed by atoms with Gasteiger partial charge in [0.2, 0.25) is 0 Å². The first-order valence-electron chi connectivity index (χ1n) is 9.70. The summed E-state index contributed by atoms with van der Waals surface area (Å²) in [6, 6.07) is 16.6. The molecule has 0 radical (unpaired) electrons. The predicted molar refractivity (Wildman–Crippen MR) is 132 cm³/mol. The molecule has 0 aliphatic carbocycles. The van der Waals surface area contributed by atoms with Crippen molar-refractivity contribution < 1.29 is 0 Å². The van der Waals surface area contributed by atoms with Gasteiger partial charge in [-0.2, -0.15) is 5.10 Å². The zero-order valence-corrected chi connectivity index (χ0v) is 19.4. The number of hydrogen-bond acceptors (Lipinski definition) is 3. The molecule has 0 amide bonds. The van der Waals surface area contributed by atoms with Gasteiger partial charge in [-0.25, -0.2) is 4.98 Å². The molecule has 0 aliphatic rings. The molecule has 7 nitrogen and oxygen atoms in total. The highest BCUT2D eigenvalue weighted by atomic mass is 127. The van der Waals surface area contributed by atoms with Crippen molar-refractivity contribution in [1.29, 1.82) is 0 Å². The van der Waals surface area contributed by atoms with E-state index in [-0.39, 0.29) is 24.0 Å². The van der Waals surface area contributed by atoms with Crippen LogP contribution in [-0.2, 0) is 13.0 Å². The van der Waals surface area contributed by atoms with Gasteiger partial charge in [0.25, 0.3) is 0 Å². The zero-order valence-electron chi connectivity index (χ0n) is 17.1. The first-order valence-corrected chi connectivity index (χ1v) is 9.70. The molecule has 156 valence electrons. The van der Waals surface area contributed by atoms with E-state index >= 15 is 0 Å². The highest BCUT2D eigenvalue weighted by Crippen LogP contribution is 2.22. The van der Waals surface area contributed by atoms with E-state index in [1.54, 1.807) is 7.05 Å². The SMILES string of the molecule is CN=C(NCCc1c(C)[nH]c2ccccc12)NCc1cccc(-c2ncn[nH]2)c1.I. The van der Waals surface area contributed by atoms with Crippen molar-refractivity contribution in [2.24, 2.45) is 4.99 Å². The van der Waals surface area contributed by atoms with Crippen LogP contribution < -0.4 is 10.6 Å². The Bertz CT molecular complexity index is 1120. The first-order chi connectivity index (χ1) is 14.2. The molecule has 0 saturated heterocycles. The smallest absolute Gasteiger partial charge is 0.191 e. The van der Waals surface area contributed by atoms with Gasteiger partial charge in [0, 0.05) is 42.3 Å². The molecule has 2 aromatic carbocycles. The molecular formula is C22H26IN7. The van der Waals surface area contributed by atoms with Crippen LogP contribution in [0.2, 0.25) is 0 Å². The monoisotopic (exact) mass is 515 g/mol. The lowest BCUT2D eigenvalue weighted by Crippen LogP contribution is -2.37. The van der Waals surface area contributed by atoms with Crippen LogP contribution in [0, 0.1) is 6.92 Å². The average Bonchev–Trinajstić information content (AvgIpc) is 3.39. The second-order valence-electron chi connectivity index (χ2n) is 6.91. The number of guanidine groups is 1. The van der Waals surface area contributed by atoms with E-state index in [1.165, 1.54) is 28.5 Å². The van der Waals surface area contributed by atoms with Crippen LogP contribution in [0.4, 0.5) is 0 Å². The van der Waals surface area contributed by atoms with E-state index in [2.05, 4.69) is 79.1 Å². The van der Waals surface area contributed by atoms with Crippen molar-refractivity contribution >= 4 is 40.8 Å². The van der Waals surface area contributed by atoms with Crippen LogP contribution in [0.1, 0.15) is 16.8 Å². The van der Waals surface area contributed by atoms with Crippen LogP contribution in [0.3, 0.4) is 0 Å². The van der Waals surface area contributed by atoms with Crippen LogP contribution in [0.15, 0.2) is 59.9 Å². The van der Waals surface area contributed by atoms with E-state index < -0.39 is 0 Å². The van der Waals surface area contributed by atoms with Gasteiger partial charge < -0.3 is 15.6 Å². The molecule has 4 rings (SSSR count). The summed E-state index contributed by atoms with van der Waals surface area (Å²) < 4.78 is 0. The van der Waals surface area contributed by atoms with E-state index in [0.717, 1.165) is 35.9 Å². The number of fused-ring (bicyclic) bond motifs is 1. The lowest BCUT2D eigenvalue weighted by molar-refractivity contribution is 0.794. The molecule has 4 N–H and O–H groups in total. The van der Waals surface area contributed by atoms with E-state index in [1.807, 2.05) is 12.1 Å². The second-order valence-corrected chi connectivity index (χ2v) is 6.91. The van der Waals surface area contributed by atoms with Crippen molar-refractivity contribution in [2.75, 3.05) is 13.6 Å². The lowest BCUT2D eigenvalue weighted by Gasteiger charge is -2.12. The Kier molecular flexibility index (Phi) is 7.45. The molecular weight excluding hydrogens is 489 g/mol. The van der Waals surface area contributed by atoms with Gasteiger partial charge in [-0.05, 0) is 36.6 Å². The fourth-order valence-electron chi connectivity index (χ4n) is 3.54. The lowest BCUT2D eigenvalue weighted by atomic mass is 10.1. The number of nitrogens with one attached hydrogen (secondary N) is 4. The summed E-state index contributed by atoms with van der Waals surface area (Å²) in [5.41, 5.74) is 5.92. The topological polar surface area (TPSA) is 93.8 Å². The minimum atomic E-state index is 0. The first kappa shape index (κ1) is 21.8. The van der Waals surface area contributed by atoms with Crippen molar-refractivity contribution in [1.82, 2.24) is 30.8 Å². The molecule has 8 heteroatoms. The quantitative estimate of drug-likeness (QED) is 0.179. The average molecular weight is 515 g/mol. The summed E-state index contributed by atoms with van der Waals surface area (Å²) in [5.74, 6) is 1.55. The summed E-state index contributed by atoms with van der Waals surface area (Å²) in [5, 5.41) is 14.9. The van der Waals surface area contributed by atoms with Crippen molar-refractivity contribution in [3.05, 3.63) is 71.7 Å². The summed E-state index contributed by atoms with van der Waals surface area (Å²) >= 11 is 0. The summed E-state index contributed by atoms with van der Waals surface area (Å²) in [7, 11) is 1.79. The van der Waals surface area contributed by atoms with Gasteiger partial charge in [0.15, 0.2) is 11.8 Å². The third-order valence-corrected chi connectivity index (χ3v) is 4.99. The normalized spacial score (nSPS) is 11.3. The van der Waals surface area contributed by atoms with Gasteiger partial charge in [0.05, 0.1) is 0 Å². The standard InChI is InChI=1S/C22H25N7.HI/c1-15-18(19-8-3-4-9-20(19)28-15)10-11-24-22(23-2)25-13-16-6-5-7-17(12-16)21-26-14-27-29-21;/h3-9,12,14,28H,10-11,13H2,1-2H3,(H2,23,24,25)(H,26,27,29);1H. The largest absolute Gasteiger partial charge is 0.358 e. The molecule has 0 aliphatic heterocycles. The Balaban J connectivity index is 0.00000256. The fourth-order valence-corrected chi connectivity index (χ4v) is 3.54. The maximum Gasteiger partial charge on any atom is 0.191 e. The van der Waals surface area contributed by atoms with E-state index in [0.29, 0.717) is 6.54 Å². The molecule has 0 atom stereocenters. The van der Waals surface area contributed by atoms with E-state index in [4.69, 9.17) is 0 Å². The Morgan fingerprint density at radius 3 is 2.77 bits per heavy atom. The molecule has 4 aromatic rings. The number of hydrogen-bond donors (Lipinski definition) is 4. The number of aromatic nitrogens is 4. The summed E-state index contributed by atoms with van der Waals surface area (Å²) in [4.78, 5) is 12.0. The molecule has 30 heavy (non-hydrogen) atoms. The number of para-hydroxylation sites is 1. The second kappa shape index (κ2) is 10.2. The van der Waals surface area contributed by atoms with Gasteiger partial charge in [0.1, 0.15) is 6.33 Å². The van der Waals surface area contributed by atoms with Gasteiger partial charge in [-0.15, -0.1) is 24.0 Å². The molecule has 0 unspecified atom stereocenters. The number of aromatic amines is 2. The maximum atomic E-state index is 4.34. The number of benzene rings is 2. The van der Waals surface area contributed by atoms with Crippen LogP contribution in [0.5, 0.6) is 0 Å². The Morgan fingerprint density at radius 1 is 1.10 bits per heavy atom. The molecule has 2 aromatic heterocycles. The van der Waals surface area contributed by atoms with Crippen molar-refractivity contribution in [2.45, 2.75) is 19.9 Å². The Labute approximate surface area is 192 Å².